The van der Waals surface area contributed by atoms with Gasteiger partial charge in [0.25, 0.3) is 0 Å². The average Bonchev–Trinajstić information content (AvgIpc) is 2.54. The van der Waals surface area contributed by atoms with Gasteiger partial charge >= 0.3 is 0 Å². The van der Waals surface area contributed by atoms with Gasteiger partial charge in [-0.05, 0) is 0 Å². The van der Waals surface area contributed by atoms with Crippen molar-refractivity contribution in [2.24, 2.45) is 5.41 Å². The third-order valence-corrected chi connectivity index (χ3v) is 2.97. The van der Waals surface area contributed by atoms with Gasteiger partial charge in [0.1, 0.15) is 11.9 Å². The Hall–Kier alpha value is -1.67. The molecule has 2 rings (SSSR count). The summed E-state index contributed by atoms with van der Waals surface area (Å²) in [7, 11) is 0. The van der Waals surface area contributed by atoms with E-state index in [-0.39, 0.29) is 11.5 Å². The average molecular weight is 218 g/mol. The van der Waals surface area contributed by atoms with E-state index < -0.39 is 0 Å². The molecule has 0 aromatic carbocycles. The Kier molecular flexibility index (Phi) is 2.52. The molecule has 1 aromatic rings. The molecule has 0 bridgehead atoms. The van der Waals surface area contributed by atoms with E-state index in [0.29, 0.717) is 18.1 Å². The quantitative estimate of drug-likeness (QED) is 0.745. The number of nitriles is 1. The summed E-state index contributed by atoms with van der Waals surface area (Å²) in [4.78, 5) is 10.1. The van der Waals surface area contributed by atoms with E-state index >= 15 is 0 Å². The van der Waals surface area contributed by atoms with Crippen LogP contribution in [0.3, 0.4) is 0 Å². The highest BCUT2D eigenvalue weighted by Crippen LogP contribution is 2.31. The number of aliphatic hydroxyl groups excluding tert-OH is 1. The van der Waals surface area contributed by atoms with Gasteiger partial charge in [-0.1, -0.05) is 13.8 Å². The Morgan fingerprint density at radius 2 is 2.25 bits per heavy atom. The predicted molar refractivity (Wildman–Crippen MR) is 58.7 cm³/mol. The van der Waals surface area contributed by atoms with Gasteiger partial charge < -0.3 is 10.0 Å². The summed E-state index contributed by atoms with van der Waals surface area (Å²) in [5, 5.41) is 18.5. The van der Waals surface area contributed by atoms with Crippen molar-refractivity contribution in [2.75, 3.05) is 18.0 Å². The molecule has 1 atom stereocenters. The number of β-amino-alcohol motifs (C(OH)–C–C–N with tert-alkyl or cyclic N) is 1. The van der Waals surface area contributed by atoms with Crippen LogP contribution in [-0.4, -0.2) is 34.3 Å². The summed E-state index contributed by atoms with van der Waals surface area (Å²) < 4.78 is 0. The smallest absolute Gasteiger partial charge is 0.158 e. The molecular formula is C11H14N4O. The van der Waals surface area contributed by atoms with Crippen LogP contribution in [0.4, 0.5) is 5.82 Å². The van der Waals surface area contributed by atoms with Crippen molar-refractivity contribution in [3.8, 4) is 6.07 Å². The van der Waals surface area contributed by atoms with Gasteiger partial charge in [0, 0.05) is 18.5 Å². The lowest BCUT2D eigenvalue weighted by atomic mass is 9.90. The molecule has 2 heterocycles. The van der Waals surface area contributed by atoms with E-state index in [2.05, 4.69) is 9.97 Å². The molecule has 1 aromatic heterocycles. The molecule has 1 unspecified atom stereocenters. The fourth-order valence-corrected chi connectivity index (χ4v) is 1.83. The van der Waals surface area contributed by atoms with Gasteiger partial charge in [0.05, 0.1) is 18.5 Å². The number of hydrogen-bond donors (Lipinski definition) is 1. The van der Waals surface area contributed by atoms with E-state index in [9.17, 15) is 5.11 Å². The highest BCUT2D eigenvalue weighted by Gasteiger charge is 2.38. The molecule has 0 saturated carbocycles. The van der Waals surface area contributed by atoms with Gasteiger partial charge in [-0.3, -0.25) is 0 Å². The van der Waals surface area contributed by atoms with Crippen LogP contribution in [0.15, 0.2) is 12.4 Å². The van der Waals surface area contributed by atoms with Crippen molar-refractivity contribution in [2.45, 2.75) is 20.0 Å². The second kappa shape index (κ2) is 3.72. The minimum atomic E-state index is -0.357. The number of hydrogen-bond acceptors (Lipinski definition) is 5. The summed E-state index contributed by atoms with van der Waals surface area (Å²) in [6, 6.07) is 1.93. The maximum absolute atomic E-state index is 9.85. The normalized spacial score (nSPS) is 23.1. The lowest BCUT2D eigenvalue weighted by Crippen LogP contribution is -2.26. The molecule has 0 radical (unpaired) electrons. The highest BCUT2D eigenvalue weighted by molar-refractivity contribution is 5.39. The lowest BCUT2D eigenvalue weighted by Gasteiger charge is -2.21. The molecule has 1 aliphatic rings. The number of anilines is 1. The molecule has 0 spiro atoms. The number of aromatic nitrogens is 2. The summed E-state index contributed by atoms with van der Waals surface area (Å²) >= 11 is 0. The first-order valence-corrected chi connectivity index (χ1v) is 5.18. The third kappa shape index (κ3) is 1.84. The number of rotatable bonds is 1. The summed E-state index contributed by atoms with van der Waals surface area (Å²) in [6.45, 7) is 5.35. The second-order valence-corrected chi connectivity index (χ2v) is 4.76. The zero-order chi connectivity index (χ0) is 11.8. The molecule has 0 aliphatic carbocycles. The highest BCUT2D eigenvalue weighted by atomic mass is 16.3. The molecule has 0 amide bonds. The molecule has 1 N–H and O–H groups in total. The predicted octanol–water partition coefficient (Wildman–Crippen LogP) is 0.555. The van der Waals surface area contributed by atoms with Gasteiger partial charge in [-0.25, -0.2) is 9.97 Å². The minimum absolute atomic E-state index is 0.129. The largest absolute Gasteiger partial charge is 0.391 e. The van der Waals surface area contributed by atoms with Gasteiger partial charge in [-0.2, -0.15) is 5.26 Å². The van der Waals surface area contributed by atoms with Crippen molar-refractivity contribution in [3.05, 3.63) is 18.1 Å². The fraction of sp³-hybridized carbons (Fsp3) is 0.545. The number of aliphatic hydroxyl groups is 1. The Morgan fingerprint density at radius 1 is 1.50 bits per heavy atom. The molecule has 5 heteroatoms. The zero-order valence-corrected chi connectivity index (χ0v) is 9.38. The van der Waals surface area contributed by atoms with Gasteiger partial charge in [-0.15, -0.1) is 0 Å². The van der Waals surface area contributed by atoms with Crippen molar-refractivity contribution >= 4 is 5.82 Å². The third-order valence-electron chi connectivity index (χ3n) is 2.97. The van der Waals surface area contributed by atoms with Crippen LogP contribution in [0, 0.1) is 16.7 Å². The van der Waals surface area contributed by atoms with Crippen LogP contribution in [0.1, 0.15) is 19.5 Å². The monoisotopic (exact) mass is 218 g/mol. The fourth-order valence-electron chi connectivity index (χ4n) is 1.83. The summed E-state index contributed by atoms with van der Waals surface area (Å²) in [5.41, 5.74) is 0.179. The SMILES string of the molecule is CC1(C)CN(c2cnc(C#N)cn2)CC1O. The molecule has 84 valence electrons. The summed E-state index contributed by atoms with van der Waals surface area (Å²) in [6.07, 6.45) is 2.67. The van der Waals surface area contributed by atoms with Crippen molar-refractivity contribution in [1.82, 2.24) is 9.97 Å². The summed E-state index contributed by atoms with van der Waals surface area (Å²) in [5.74, 6) is 0.712. The molecule has 16 heavy (non-hydrogen) atoms. The molecular weight excluding hydrogens is 204 g/mol. The lowest BCUT2D eigenvalue weighted by molar-refractivity contribution is 0.0964. The van der Waals surface area contributed by atoms with E-state index in [1.165, 1.54) is 6.20 Å². The Balaban J connectivity index is 2.18. The standard InChI is InChI=1S/C11H14N4O/c1-11(2)7-15(6-9(11)16)10-5-13-8(3-12)4-14-10/h4-5,9,16H,6-7H2,1-2H3. The number of nitrogens with zero attached hydrogens (tertiary/aromatic N) is 4. The Labute approximate surface area is 94.4 Å². The molecule has 1 fully saturated rings. The van der Waals surface area contributed by atoms with Crippen LogP contribution in [0.5, 0.6) is 0 Å². The van der Waals surface area contributed by atoms with E-state index in [1.807, 2.05) is 24.8 Å². The van der Waals surface area contributed by atoms with Gasteiger partial charge in [0.2, 0.25) is 0 Å². The first-order chi connectivity index (χ1) is 7.53. The molecule has 5 nitrogen and oxygen atoms in total. The maximum Gasteiger partial charge on any atom is 0.158 e. The Morgan fingerprint density at radius 3 is 2.69 bits per heavy atom. The topological polar surface area (TPSA) is 73.0 Å². The van der Waals surface area contributed by atoms with Crippen LogP contribution in [0.25, 0.3) is 0 Å². The molecule has 1 saturated heterocycles. The van der Waals surface area contributed by atoms with E-state index in [4.69, 9.17) is 5.26 Å². The molecule has 1 aliphatic heterocycles. The first kappa shape index (κ1) is 10.8. The van der Waals surface area contributed by atoms with Crippen molar-refractivity contribution in [3.63, 3.8) is 0 Å². The van der Waals surface area contributed by atoms with E-state index in [0.717, 1.165) is 6.54 Å². The first-order valence-electron chi connectivity index (χ1n) is 5.18. The zero-order valence-electron chi connectivity index (χ0n) is 9.38. The van der Waals surface area contributed by atoms with Crippen LogP contribution in [0.2, 0.25) is 0 Å². The second-order valence-electron chi connectivity index (χ2n) is 4.76. The van der Waals surface area contributed by atoms with Crippen LogP contribution in [-0.2, 0) is 0 Å². The minimum Gasteiger partial charge on any atom is -0.391 e. The maximum atomic E-state index is 9.85. The van der Waals surface area contributed by atoms with Gasteiger partial charge in [0.15, 0.2) is 5.69 Å². The van der Waals surface area contributed by atoms with E-state index in [1.54, 1.807) is 6.20 Å². The van der Waals surface area contributed by atoms with Crippen molar-refractivity contribution < 1.29 is 5.11 Å². The van der Waals surface area contributed by atoms with Crippen molar-refractivity contribution in [1.29, 1.82) is 5.26 Å². The Bertz CT molecular complexity index is 421. The van der Waals surface area contributed by atoms with Crippen LogP contribution >= 0.6 is 0 Å². The van der Waals surface area contributed by atoms with Crippen LogP contribution < -0.4 is 4.90 Å².